The highest BCUT2D eigenvalue weighted by atomic mass is 16.5. The maximum absolute atomic E-state index is 12.2. The van der Waals surface area contributed by atoms with Crippen LogP contribution in [0.15, 0.2) is 0 Å². The minimum atomic E-state index is -0.230. The van der Waals surface area contributed by atoms with E-state index in [4.69, 9.17) is 4.74 Å². The Morgan fingerprint density at radius 3 is 2.78 bits per heavy atom. The van der Waals surface area contributed by atoms with E-state index in [-0.39, 0.29) is 17.7 Å². The standard InChI is InChI=1S/C14H26N2O2/c1-10(12-5-6-12)7-15-13(17)16-9-14(3,4)18-8-11(16)2/h10-12H,5-9H2,1-4H3,(H,15,17)/t10?,11-/m0/s1. The van der Waals surface area contributed by atoms with Gasteiger partial charge in [-0.2, -0.15) is 0 Å². The van der Waals surface area contributed by atoms with E-state index in [1.54, 1.807) is 0 Å². The summed E-state index contributed by atoms with van der Waals surface area (Å²) in [4.78, 5) is 14.1. The van der Waals surface area contributed by atoms with E-state index in [9.17, 15) is 4.79 Å². The Balaban J connectivity index is 1.82. The van der Waals surface area contributed by atoms with Crippen LogP contribution in [0.25, 0.3) is 0 Å². The van der Waals surface area contributed by atoms with E-state index in [2.05, 4.69) is 12.2 Å². The summed E-state index contributed by atoms with van der Waals surface area (Å²) in [5.74, 6) is 1.45. The van der Waals surface area contributed by atoms with Gasteiger partial charge in [0.1, 0.15) is 0 Å². The predicted octanol–water partition coefficient (Wildman–Crippen LogP) is 2.24. The Bertz CT molecular complexity index is 313. The Hall–Kier alpha value is -0.770. The van der Waals surface area contributed by atoms with Crippen LogP contribution in [0.5, 0.6) is 0 Å². The number of carbonyl (C=O) groups is 1. The lowest BCUT2D eigenvalue weighted by Gasteiger charge is -2.42. The van der Waals surface area contributed by atoms with Crippen molar-refractivity contribution in [3.05, 3.63) is 0 Å². The van der Waals surface area contributed by atoms with Crippen LogP contribution >= 0.6 is 0 Å². The van der Waals surface area contributed by atoms with Gasteiger partial charge in [-0.05, 0) is 45.4 Å². The summed E-state index contributed by atoms with van der Waals surface area (Å²) in [6.45, 7) is 10.4. The lowest BCUT2D eigenvalue weighted by molar-refractivity contribution is -0.0953. The summed E-state index contributed by atoms with van der Waals surface area (Å²) in [6.07, 6.45) is 2.66. The summed E-state index contributed by atoms with van der Waals surface area (Å²) in [5.41, 5.74) is -0.230. The second-order valence-electron chi connectivity index (χ2n) is 6.55. The van der Waals surface area contributed by atoms with E-state index in [1.165, 1.54) is 12.8 Å². The molecule has 0 bridgehead atoms. The average molecular weight is 254 g/mol. The zero-order chi connectivity index (χ0) is 13.3. The van der Waals surface area contributed by atoms with E-state index in [1.807, 2.05) is 25.7 Å². The molecule has 2 amide bonds. The van der Waals surface area contributed by atoms with Crippen LogP contribution < -0.4 is 5.32 Å². The fraction of sp³-hybridized carbons (Fsp3) is 0.929. The molecule has 1 saturated carbocycles. The molecule has 2 atom stereocenters. The second kappa shape index (κ2) is 5.08. The molecule has 1 aliphatic carbocycles. The molecular formula is C14H26N2O2. The smallest absolute Gasteiger partial charge is 0.317 e. The molecule has 0 aromatic rings. The number of carbonyl (C=O) groups excluding carboxylic acids is 1. The van der Waals surface area contributed by atoms with Crippen LogP contribution in [0.4, 0.5) is 4.79 Å². The van der Waals surface area contributed by atoms with Gasteiger partial charge >= 0.3 is 6.03 Å². The highest BCUT2D eigenvalue weighted by molar-refractivity contribution is 5.74. The Morgan fingerprint density at radius 2 is 2.17 bits per heavy atom. The monoisotopic (exact) mass is 254 g/mol. The lowest BCUT2D eigenvalue weighted by Crippen LogP contribution is -2.57. The fourth-order valence-corrected chi connectivity index (χ4v) is 2.50. The first-order valence-corrected chi connectivity index (χ1v) is 7.07. The molecule has 2 rings (SSSR count). The molecule has 0 radical (unpaired) electrons. The maximum Gasteiger partial charge on any atom is 0.317 e. The summed E-state index contributed by atoms with van der Waals surface area (Å²) in [6, 6.07) is 0.223. The molecule has 1 aliphatic heterocycles. The van der Waals surface area contributed by atoms with E-state index in [0.29, 0.717) is 19.1 Å². The van der Waals surface area contributed by atoms with Gasteiger partial charge in [-0.1, -0.05) is 6.92 Å². The average Bonchev–Trinajstić information content (AvgIpc) is 3.12. The molecule has 0 aromatic carbocycles. The number of nitrogens with one attached hydrogen (secondary N) is 1. The summed E-state index contributed by atoms with van der Waals surface area (Å²) in [7, 11) is 0. The molecule has 1 saturated heterocycles. The SMILES string of the molecule is CC(CNC(=O)N1CC(C)(C)OC[C@@H]1C)C1CC1. The molecule has 0 aromatic heterocycles. The van der Waals surface area contributed by atoms with Gasteiger partial charge < -0.3 is 15.0 Å². The van der Waals surface area contributed by atoms with Gasteiger partial charge in [0.05, 0.1) is 24.8 Å². The van der Waals surface area contributed by atoms with Crippen LogP contribution in [0.3, 0.4) is 0 Å². The predicted molar refractivity (Wildman–Crippen MR) is 71.5 cm³/mol. The molecule has 104 valence electrons. The van der Waals surface area contributed by atoms with Crippen molar-refractivity contribution in [3.63, 3.8) is 0 Å². The number of rotatable bonds is 3. The zero-order valence-corrected chi connectivity index (χ0v) is 12.0. The van der Waals surface area contributed by atoms with Crippen molar-refractivity contribution < 1.29 is 9.53 Å². The van der Waals surface area contributed by atoms with Crippen molar-refractivity contribution in [1.29, 1.82) is 0 Å². The van der Waals surface area contributed by atoms with Crippen molar-refractivity contribution in [3.8, 4) is 0 Å². The molecule has 2 aliphatic rings. The van der Waals surface area contributed by atoms with Gasteiger partial charge in [-0.25, -0.2) is 4.79 Å². The number of nitrogens with zero attached hydrogens (tertiary/aromatic N) is 1. The van der Waals surface area contributed by atoms with Gasteiger partial charge in [-0.15, -0.1) is 0 Å². The molecule has 2 fully saturated rings. The second-order valence-corrected chi connectivity index (χ2v) is 6.55. The summed E-state index contributed by atoms with van der Waals surface area (Å²) >= 11 is 0. The van der Waals surface area contributed by atoms with E-state index < -0.39 is 0 Å². The summed E-state index contributed by atoms with van der Waals surface area (Å²) in [5, 5.41) is 3.07. The van der Waals surface area contributed by atoms with Gasteiger partial charge in [0.2, 0.25) is 0 Å². The van der Waals surface area contributed by atoms with Crippen LogP contribution in [-0.2, 0) is 4.74 Å². The molecule has 0 spiro atoms. The highest BCUT2D eigenvalue weighted by Gasteiger charge is 2.35. The van der Waals surface area contributed by atoms with Crippen LogP contribution in [0.2, 0.25) is 0 Å². The fourth-order valence-electron chi connectivity index (χ4n) is 2.50. The third kappa shape index (κ3) is 3.37. The third-order valence-electron chi connectivity index (χ3n) is 4.06. The Labute approximate surface area is 110 Å². The van der Waals surface area contributed by atoms with Crippen molar-refractivity contribution >= 4 is 6.03 Å². The van der Waals surface area contributed by atoms with Crippen molar-refractivity contribution in [2.75, 3.05) is 19.7 Å². The maximum atomic E-state index is 12.2. The normalized spacial score (nSPS) is 28.9. The lowest BCUT2D eigenvalue weighted by atomic mass is 10.1. The van der Waals surface area contributed by atoms with E-state index in [0.717, 1.165) is 12.5 Å². The van der Waals surface area contributed by atoms with Gasteiger partial charge in [-0.3, -0.25) is 0 Å². The van der Waals surface area contributed by atoms with Crippen LogP contribution in [0.1, 0.15) is 40.5 Å². The molecule has 1 unspecified atom stereocenters. The van der Waals surface area contributed by atoms with E-state index >= 15 is 0 Å². The number of amides is 2. The first kappa shape index (κ1) is 13.7. The first-order chi connectivity index (χ1) is 8.39. The largest absolute Gasteiger partial charge is 0.372 e. The van der Waals surface area contributed by atoms with Gasteiger partial charge in [0, 0.05) is 6.54 Å². The van der Waals surface area contributed by atoms with Gasteiger partial charge in [0.15, 0.2) is 0 Å². The quantitative estimate of drug-likeness (QED) is 0.839. The van der Waals surface area contributed by atoms with Crippen molar-refractivity contribution in [2.45, 2.75) is 52.2 Å². The molecule has 4 nitrogen and oxygen atoms in total. The molecule has 1 N–H and O–H groups in total. The number of ether oxygens (including phenoxy) is 1. The topological polar surface area (TPSA) is 41.6 Å². The number of hydrogen-bond acceptors (Lipinski definition) is 2. The third-order valence-corrected chi connectivity index (χ3v) is 4.06. The van der Waals surface area contributed by atoms with Gasteiger partial charge in [0.25, 0.3) is 0 Å². The number of hydrogen-bond donors (Lipinski definition) is 1. The molecule has 4 heteroatoms. The molecule has 1 heterocycles. The van der Waals surface area contributed by atoms with Crippen LogP contribution in [0, 0.1) is 11.8 Å². The number of morpholine rings is 1. The first-order valence-electron chi connectivity index (χ1n) is 7.07. The number of urea groups is 1. The van der Waals surface area contributed by atoms with Crippen molar-refractivity contribution in [2.24, 2.45) is 11.8 Å². The highest BCUT2D eigenvalue weighted by Crippen LogP contribution is 2.36. The Kier molecular flexibility index (Phi) is 3.85. The summed E-state index contributed by atoms with van der Waals surface area (Å²) < 4.78 is 5.71. The molecule has 18 heavy (non-hydrogen) atoms. The minimum Gasteiger partial charge on any atom is -0.372 e. The van der Waals surface area contributed by atoms with Crippen LogP contribution in [-0.4, -0.2) is 42.3 Å². The minimum absolute atomic E-state index is 0.0615. The zero-order valence-electron chi connectivity index (χ0n) is 12.0. The molecular weight excluding hydrogens is 228 g/mol. The Morgan fingerprint density at radius 1 is 1.50 bits per heavy atom. The van der Waals surface area contributed by atoms with Crippen molar-refractivity contribution in [1.82, 2.24) is 10.2 Å².